The van der Waals surface area contributed by atoms with Gasteiger partial charge in [-0.05, 0) is 48.0 Å². The predicted octanol–water partition coefficient (Wildman–Crippen LogP) is 4.16. The second kappa shape index (κ2) is 7.84. The van der Waals surface area contributed by atoms with Crippen molar-refractivity contribution in [2.45, 2.75) is 0 Å². The minimum atomic E-state index is -0.0466. The van der Waals surface area contributed by atoms with Crippen LogP contribution in [0.5, 0.6) is 11.5 Å². The molecule has 2 rings (SSSR count). The van der Waals surface area contributed by atoms with Gasteiger partial charge in [-0.1, -0.05) is 30.9 Å². The van der Waals surface area contributed by atoms with Crippen LogP contribution in [0.25, 0.3) is 6.08 Å². The maximum absolute atomic E-state index is 12.1. The Kier molecular flexibility index (Phi) is 5.55. The highest BCUT2D eigenvalue weighted by Crippen LogP contribution is 2.15. The van der Waals surface area contributed by atoms with Gasteiger partial charge in [0, 0.05) is 5.56 Å². The van der Waals surface area contributed by atoms with Gasteiger partial charge in [-0.3, -0.25) is 4.79 Å². The van der Waals surface area contributed by atoms with Crippen molar-refractivity contribution in [3.8, 4) is 11.5 Å². The minimum Gasteiger partial charge on any atom is -0.497 e. The van der Waals surface area contributed by atoms with Crippen molar-refractivity contribution < 1.29 is 14.3 Å². The average Bonchev–Trinajstić information content (AvgIpc) is 2.58. The Morgan fingerprint density at radius 3 is 2.27 bits per heavy atom. The first kappa shape index (κ1) is 15.6. The van der Waals surface area contributed by atoms with Crippen molar-refractivity contribution in [2.24, 2.45) is 0 Å². The van der Waals surface area contributed by atoms with E-state index in [9.17, 15) is 4.79 Å². The van der Waals surface area contributed by atoms with Crippen molar-refractivity contribution in [1.82, 2.24) is 0 Å². The third-order valence-corrected chi connectivity index (χ3v) is 3.05. The molecular formula is C19H18O3. The van der Waals surface area contributed by atoms with Crippen LogP contribution < -0.4 is 9.47 Å². The number of allylic oxidation sites excluding steroid dienone is 1. The number of hydrogen-bond acceptors (Lipinski definition) is 3. The summed E-state index contributed by atoms with van der Waals surface area (Å²) in [7, 11) is 1.60. The fourth-order valence-electron chi connectivity index (χ4n) is 1.85. The number of rotatable bonds is 7. The second-order valence-electron chi connectivity index (χ2n) is 4.59. The Hall–Kier alpha value is -2.81. The SMILES string of the molecule is C=CCOc1ccc(/C=C/C(=O)c2ccc(OC)cc2)cc1. The Morgan fingerprint density at radius 2 is 1.68 bits per heavy atom. The molecule has 0 bridgehead atoms. The smallest absolute Gasteiger partial charge is 0.185 e. The molecule has 0 aliphatic carbocycles. The van der Waals surface area contributed by atoms with Gasteiger partial charge in [0.15, 0.2) is 5.78 Å². The Labute approximate surface area is 130 Å². The molecule has 0 radical (unpaired) electrons. The minimum absolute atomic E-state index is 0.0466. The molecule has 0 saturated heterocycles. The van der Waals surface area contributed by atoms with Crippen LogP contribution in [0.2, 0.25) is 0 Å². The lowest BCUT2D eigenvalue weighted by Crippen LogP contribution is -1.94. The molecule has 0 amide bonds. The molecule has 112 valence electrons. The second-order valence-corrected chi connectivity index (χ2v) is 4.59. The Bertz CT molecular complexity index is 652. The van der Waals surface area contributed by atoms with E-state index in [1.807, 2.05) is 24.3 Å². The summed E-state index contributed by atoms with van der Waals surface area (Å²) in [5.74, 6) is 1.46. The van der Waals surface area contributed by atoms with Crippen molar-refractivity contribution in [3.63, 3.8) is 0 Å². The zero-order chi connectivity index (χ0) is 15.8. The summed E-state index contributed by atoms with van der Waals surface area (Å²) in [6.45, 7) is 4.08. The van der Waals surface area contributed by atoms with Crippen LogP contribution in [0.4, 0.5) is 0 Å². The third-order valence-electron chi connectivity index (χ3n) is 3.05. The fraction of sp³-hybridized carbons (Fsp3) is 0.105. The molecule has 0 aliphatic heterocycles. The van der Waals surface area contributed by atoms with E-state index in [1.54, 1.807) is 49.6 Å². The lowest BCUT2D eigenvalue weighted by molar-refractivity contribution is 0.104. The molecule has 0 unspecified atom stereocenters. The van der Waals surface area contributed by atoms with E-state index in [-0.39, 0.29) is 5.78 Å². The molecule has 0 fully saturated rings. The van der Waals surface area contributed by atoms with E-state index in [1.165, 1.54) is 0 Å². The van der Waals surface area contributed by atoms with Gasteiger partial charge in [-0.2, -0.15) is 0 Å². The van der Waals surface area contributed by atoms with Crippen LogP contribution in [-0.4, -0.2) is 19.5 Å². The van der Waals surface area contributed by atoms with E-state index < -0.39 is 0 Å². The van der Waals surface area contributed by atoms with Gasteiger partial charge in [0.25, 0.3) is 0 Å². The van der Waals surface area contributed by atoms with E-state index in [0.29, 0.717) is 12.2 Å². The van der Waals surface area contributed by atoms with Gasteiger partial charge in [0.1, 0.15) is 18.1 Å². The molecule has 2 aromatic carbocycles. The van der Waals surface area contributed by atoms with Crippen LogP contribution in [0.1, 0.15) is 15.9 Å². The summed E-state index contributed by atoms with van der Waals surface area (Å²) in [5, 5.41) is 0. The molecule has 2 aromatic rings. The largest absolute Gasteiger partial charge is 0.497 e. The summed E-state index contributed by atoms with van der Waals surface area (Å²) < 4.78 is 10.5. The molecule has 3 heteroatoms. The summed E-state index contributed by atoms with van der Waals surface area (Å²) in [5.41, 5.74) is 1.57. The number of ether oxygens (including phenoxy) is 2. The lowest BCUT2D eigenvalue weighted by Gasteiger charge is -2.03. The van der Waals surface area contributed by atoms with Crippen LogP contribution >= 0.6 is 0 Å². The van der Waals surface area contributed by atoms with E-state index in [0.717, 1.165) is 17.1 Å². The average molecular weight is 294 g/mol. The van der Waals surface area contributed by atoms with E-state index in [2.05, 4.69) is 6.58 Å². The molecule has 3 nitrogen and oxygen atoms in total. The number of methoxy groups -OCH3 is 1. The zero-order valence-corrected chi connectivity index (χ0v) is 12.5. The van der Waals surface area contributed by atoms with E-state index >= 15 is 0 Å². The van der Waals surface area contributed by atoms with E-state index in [4.69, 9.17) is 9.47 Å². The molecular weight excluding hydrogens is 276 g/mol. The monoisotopic (exact) mass is 294 g/mol. The molecule has 22 heavy (non-hydrogen) atoms. The topological polar surface area (TPSA) is 35.5 Å². The highest BCUT2D eigenvalue weighted by molar-refractivity contribution is 6.06. The van der Waals surface area contributed by atoms with Gasteiger partial charge in [0.05, 0.1) is 7.11 Å². The summed E-state index contributed by atoms with van der Waals surface area (Å²) >= 11 is 0. The lowest BCUT2D eigenvalue weighted by atomic mass is 10.1. The standard InChI is InChI=1S/C19H18O3/c1-3-14-22-18-9-4-15(5-10-18)6-13-19(20)16-7-11-17(21-2)12-8-16/h3-13H,1,14H2,2H3/b13-6+. The first-order valence-corrected chi connectivity index (χ1v) is 6.93. The summed E-state index contributed by atoms with van der Waals surface area (Å²) in [6, 6.07) is 14.6. The van der Waals surface area contributed by atoms with Crippen molar-refractivity contribution in [2.75, 3.05) is 13.7 Å². The molecule has 0 aromatic heterocycles. The Morgan fingerprint density at radius 1 is 1.05 bits per heavy atom. The Balaban J connectivity index is 2.00. The quantitative estimate of drug-likeness (QED) is 0.437. The van der Waals surface area contributed by atoms with Crippen LogP contribution in [0.3, 0.4) is 0 Å². The fourth-order valence-corrected chi connectivity index (χ4v) is 1.85. The molecule has 0 aliphatic rings. The van der Waals surface area contributed by atoms with Gasteiger partial charge in [-0.15, -0.1) is 0 Å². The molecule has 0 N–H and O–H groups in total. The molecule has 0 atom stereocenters. The summed E-state index contributed by atoms with van der Waals surface area (Å²) in [4.78, 5) is 12.1. The predicted molar refractivity (Wildman–Crippen MR) is 88.5 cm³/mol. The highest BCUT2D eigenvalue weighted by atomic mass is 16.5. The summed E-state index contributed by atoms with van der Waals surface area (Å²) in [6.07, 6.45) is 5.03. The first-order chi connectivity index (χ1) is 10.7. The van der Waals surface area contributed by atoms with Gasteiger partial charge >= 0.3 is 0 Å². The highest BCUT2D eigenvalue weighted by Gasteiger charge is 2.01. The zero-order valence-electron chi connectivity index (χ0n) is 12.5. The molecule has 0 heterocycles. The van der Waals surface area contributed by atoms with Crippen molar-refractivity contribution in [1.29, 1.82) is 0 Å². The number of ketones is 1. The van der Waals surface area contributed by atoms with Crippen molar-refractivity contribution in [3.05, 3.63) is 78.4 Å². The molecule has 0 spiro atoms. The number of hydrogen-bond donors (Lipinski definition) is 0. The third kappa shape index (κ3) is 4.35. The van der Waals surface area contributed by atoms with Gasteiger partial charge in [-0.25, -0.2) is 0 Å². The number of carbonyl (C=O) groups excluding carboxylic acids is 1. The first-order valence-electron chi connectivity index (χ1n) is 6.93. The van der Waals surface area contributed by atoms with Crippen LogP contribution in [0.15, 0.2) is 67.3 Å². The van der Waals surface area contributed by atoms with Gasteiger partial charge < -0.3 is 9.47 Å². The normalized spacial score (nSPS) is 10.4. The molecule has 0 saturated carbocycles. The van der Waals surface area contributed by atoms with Crippen LogP contribution in [-0.2, 0) is 0 Å². The van der Waals surface area contributed by atoms with Crippen molar-refractivity contribution >= 4 is 11.9 Å². The number of carbonyl (C=O) groups is 1. The maximum atomic E-state index is 12.1. The maximum Gasteiger partial charge on any atom is 0.185 e. The van der Waals surface area contributed by atoms with Crippen LogP contribution in [0, 0.1) is 0 Å². The number of benzene rings is 2. The van der Waals surface area contributed by atoms with Gasteiger partial charge in [0.2, 0.25) is 0 Å².